The largest absolute Gasteiger partial charge is 0.352 e. The fourth-order valence-electron chi connectivity index (χ4n) is 3.00. The molecular weight excluding hydrogens is 473 g/mol. The van der Waals surface area contributed by atoms with E-state index in [0.717, 1.165) is 23.4 Å². The van der Waals surface area contributed by atoms with Gasteiger partial charge in [0.05, 0.1) is 28.2 Å². The summed E-state index contributed by atoms with van der Waals surface area (Å²) >= 11 is 12.1. The number of anilines is 2. The van der Waals surface area contributed by atoms with Crippen molar-refractivity contribution >= 4 is 56.4 Å². The van der Waals surface area contributed by atoms with E-state index >= 15 is 0 Å². The molecule has 2 N–H and O–H groups in total. The molecule has 2 amide bonds. The molecule has 0 bridgehead atoms. The molecule has 0 heterocycles. The summed E-state index contributed by atoms with van der Waals surface area (Å²) in [6.45, 7) is 2.64. The second-order valence-electron chi connectivity index (χ2n) is 7.24. The Kier molecular flexibility index (Phi) is 9.81. The third-order valence-corrected chi connectivity index (χ3v) is 6.34. The van der Waals surface area contributed by atoms with Crippen LogP contribution in [0.3, 0.4) is 0 Å². The Labute approximate surface area is 199 Å². The molecular formula is C22H27Cl2N3O4S. The predicted molar refractivity (Wildman–Crippen MR) is 130 cm³/mol. The van der Waals surface area contributed by atoms with Gasteiger partial charge in [-0.15, -0.1) is 0 Å². The highest BCUT2D eigenvalue weighted by molar-refractivity contribution is 7.92. The second-order valence-corrected chi connectivity index (χ2v) is 9.99. The lowest BCUT2D eigenvalue weighted by atomic mass is 10.1. The lowest BCUT2D eigenvalue weighted by molar-refractivity contribution is -0.116. The molecule has 0 aliphatic carbocycles. The summed E-state index contributed by atoms with van der Waals surface area (Å²) in [6.07, 6.45) is 3.19. The van der Waals surface area contributed by atoms with E-state index in [1.54, 1.807) is 30.3 Å². The number of hydrogen-bond acceptors (Lipinski definition) is 4. The molecule has 0 spiro atoms. The normalized spacial score (nSPS) is 11.1. The van der Waals surface area contributed by atoms with E-state index in [1.165, 1.54) is 12.1 Å². The van der Waals surface area contributed by atoms with Crippen molar-refractivity contribution in [2.24, 2.45) is 0 Å². The number of nitrogens with one attached hydrogen (secondary N) is 2. The number of nitrogens with zero attached hydrogens (tertiary/aromatic N) is 1. The fourth-order valence-corrected chi connectivity index (χ4v) is 4.41. The van der Waals surface area contributed by atoms with Crippen LogP contribution in [0, 0.1) is 0 Å². The second kappa shape index (κ2) is 12.1. The van der Waals surface area contributed by atoms with Crippen LogP contribution in [0.2, 0.25) is 10.0 Å². The van der Waals surface area contributed by atoms with Crippen molar-refractivity contribution in [2.45, 2.75) is 32.6 Å². The Morgan fingerprint density at radius 3 is 2.47 bits per heavy atom. The number of carbonyl (C=O) groups excluding carboxylic acids is 2. The highest BCUT2D eigenvalue weighted by atomic mass is 35.5. The summed E-state index contributed by atoms with van der Waals surface area (Å²) in [5.74, 6) is -0.586. The van der Waals surface area contributed by atoms with Gasteiger partial charge in [-0.25, -0.2) is 8.42 Å². The van der Waals surface area contributed by atoms with Gasteiger partial charge in [-0.1, -0.05) is 48.7 Å². The van der Waals surface area contributed by atoms with Crippen molar-refractivity contribution in [1.82, 2.24) is 5.32 Å². The molecule has 0 unspecified atom stereocenters. The van der Waals surface area contributed by atoms with Crippen LogP contribution in [0.4, 0.5) is 11.4 Å². The van der Waals surface area contributed by atoms with Crippen LogP contribution >= 0.6 is 23.2 Å². The minimum absolute atomic E-state index is 0.0471. The van der Waals surface area contributed by atoms with Crippen LogP contribution in [0.25, 0.3) is 0 Å². The molecule has 0 radical (unpaired) electrons. The van der Waals surface area contributed by atoms with Gasteiger partial charge in [0.2, 0.25) is 15.9 Å². The smallest absolute Gasteiger partial charge is 0.253 e. The molecule has 0 fully saturated rings. The maximum atomic E-state index is 12.5. The van der Waals surface area contributed by atoms with Crippen molar-refractivity contribution in [3.63, 3.8) is 0 Å². The van der Waals surface area contributed by atoms with Gasteiger partial charge < -0.3 is 10.6 Å². The van der Waals surface area contributed by atoms with Crippen LogP contribution in [0.5, 0.6) is 0 Å². The SMILES string of the molecule is CCCCNC(=O)c1ccccc1NC(=O)CCCN(c1cc(Cl)ccc1Cl)S(C)(=O)=O. The Hall–Kier alpha value is -2.29. The topological polar surface area (TPSA) is 95.6 Å². The Balaban J connectivity index is 2.02. The molecule has 0 aromatic heterocycles. The number of hydrogen-bond donors (Lipinski definition) is 2. The number of carbonyl (C=O) groups is 2. The third-order valence-electron chi connectivity index (χ3n) is 4.60. The molecule has 2 rings (SSSR count). The number of amides is 2. The standard InChI is InChI=1S/C22H27Cl2N3O4S/c1-3-4-13-25-22(29)17-8-5-6-9-19(17)26-21(28)10-7-14-27(32(2,30)31)20-15-16(23)11-12-18(20)24/h5-6,8-9,11-12,15H,3-4,7,10,13-14H2,1-2H3,(H,25,29)(H,26,28). The van der Waals surface area contributed by atoms with Gasteiger partial charge in [0.1, 0.15) is 0 Å². The number of halogens is 2. The van der Waals surface area contributed by atoms with Gasteiger partial charge in [0, 0.05) is 24.5 Å². The number of para-hydroxylation sites is 1. The predicted octanol–water partition coefficient (Wildman–Crippen LogP) is 4.71. The van der Waals surface area contributed by atoms with E-state index in [4.69, 9.17) is 23.2 Å². The van der Waals surface area contributed by atoms with Crippen LogP contribution in [-0.2, 0) is 14.8 Å². The molecule has 2 aromatic carbocycles. The van der Waals surface area contributed by atoms with E-state index in [0.29, 0.717) is 22.8 Å². The zero-order chi connectivity index (χ0) is 23.7. The Morgan fingerprint density at radius 2 is 1.78 bits per heavy atom. The summed E-state index contributed by atoms with van der Waals surface area (Å²) in [5.41, 5.74) is 1.04. The van der Waals surface area contributed by atoms with E-state index < -0.39 is 10.0 Å². The van der Waals surface area contributed by atoms with E-state index in [2.05, 4.69) is 10.6 Å². The molecule has 32 heavy (non-hydrogen) atoms. The molecule has 0 aliphatic rings. The molecule has 7 nitrogen and oxygen atoms in total. The van der Waals surface area contributed by atoms with Crippen molar-refractivity contribution in [3.8, 4) is 0 Å². The first-order valence-electron chi connectivity index (χ1n) is 10.2. The quantitative estimate of drug-likeness (QED) is 0.437. The van der Waals surface area contributed by atoms with Gasteiger partial charge in [-0.05, 0) is 43.2 Å². The average molecular weight is 500 g/mol. The molecule has 0 saturated carbocycles. The molecule has 0 atom stereocenters. The third kappa shape index (κ3) is 7.69. The summed E-state index contributed by atoms with van der Waals surface area (Å²) in [6, 6.07) is 11.3. The minimum atomic E-state index is -3.64. The van der Waals surface area contributed by atoms with Crippen molar-refractivity contribution in [1.29, 1.82) is 0 Å². The van der Waals surface area contributed by atoms with Crippen molar-refractivity contribution in [3.05, 3.63) is 58.1 Å². The molecule has 0 aliphatic heterocycles. The highest BCUT2D eigenvalue weighted by Crippen LogP contribution is 2.31. The van der Waals surface area contributed by atoms with Gasteiger partial charge >= 0.3 is 0 Å². The van der Waals surface area contributed by atoms with Gasteiger partial charge in [-0.2, -0.15) is 0 Å². The molecule has 174 valence electrons. The van der Waals surface area contributed by atoms with Gasteiger partial charge in [0.25, 0.3) is 5.91 Å². The van der Waals surface area contributed by atoms with Crippen molar-refractivity contribution < 1.29 is 18.0 Å². The number of benzene rings is 2. The Bertz CT molecular complexity index is 1060. The van der Waals surface area contributed by atoms with Crippen LogP contribution in [0.15, 0.2) is 42.5 Å². The lowest BCUT2D eigenvalue weighted by Crippen LogP contribution is -2.31. The van der Waals surface area contributed by atoms with Crippen LogP contribution in [-0.4, -0.2) is 39.6 Å². The van der Waals surface area contributed by atoms with Gasteiger partial charge in [0.15, 0.2) is 0 Å². The zero-order valence-corrected chi connectivity index (χ0v) is 20.4. The first kappa shape index (κ1) is 26.0. The number of unbranched alkanes of at least 4 members (excludes halogenated alkanes) is 1. The monoisotopic (exact) mass is 499 g/mol. The summed E-state index contributed by atoms with van der Waals surface area (Å²) < 4.78 is 25.7. The lowest BCUT2D eigenvalue weighted by Gasteiger charge is -2.23. The first-order chi connectivity index (χ1) is 15.1. The van der Waals surface area contributed by atoms with Crippen molar-refractivity contribution in [2.75, 3.05) is 29.0 Å². The van der Waals surface area contributed by atoms with Crippen LogP contribution in [0.1, 0.15) is 43.0 Å². The van der Waals surface area contributed by atoms with E-state index in [-0.39, 0.29) is 41.9 Å². The highest BCUT2D eigenvalue weighted by Gasteiger charge is 2.21. The maximum absolute atomic E-state index is 12.5. The summed E-state index contributed by atoms with van der Waals surface area (Å²) in [5, 5.41) is 6.16. The first-order valence-corrected chi connectivity index (χ1v) is 12.8. The van der Waals surface area contributed by atoms with Gasteiger partial charge in [-0.3, -0.25) is 13.9 Å². The Morgan fingerprint density at radius 1 is 1.06 bits per heavy atom. The molecule has 2 aromatic rings. The average Bonchev–Trinajstić information content (AvgIpc) is 2.73. The number of sulfonamides is 1. The summed E-state index contributed by atoms with van der Waals surface area (Å²) in [4.78, 5) is 24.9. The molecule has 10 heteroatoms. The van der Waals surface area contributed by atoms with Crippen LogP contribution < -0.4 is 14.9 Å². The minimum Gasteiger partial charge on any atom is -0.352 e. The zero-order valence-electron chi connectivity index (χ0n) is 18.0. The van der Waals surface area contributed by atoms with E-state index in [1.807, 2.05) is 6.92 Å². The van der Waals surface area contributed by atoms with E-state index in [9.17, 15) is 18.0 Å². The summed E-state index contributed by atoms with van der Waals surface area (Å²) in [7, 11) is -3.64. The maximum Gasteiger partial charge on any atom is 0.253 e. The fraction of sp³-hybridized carbons (Fsp3) is 0.364. The molecule has 0 saturated heterocycles. The number of rotatable bonds is 11.